The van der Waals surface area contributed by atoms with Gasteiger partial charge in [0.2, 0.25) is 0 Å². The molecule has 0 unspecified atom stereocenters. The molecule has 1 amide bonds. The Bertz CT molecular complexity index is 450. The number of halogens is 1. The molecule has 104 valence electrons. The Morgan fingerprint density at radius 1 is 1.42 bits per heavy atom. The molecule has 5 nitrogen and oxygen atoms in total. The highest BCUT2D eigenvalue weighted by Gasteiger charge is 2.22. The molecule has 0 aliphatic heterocycles. The minimum atomic E-state index is -0.803. The summed E-state index contributed by atoms with van der Waals surface area (Å²) < 4.78 is 9.40. The van der Waals surface area contributed by atoms with Crippen molar-refractivity contribution in [2.45, 2.75) is 19.4 Å². The molecule has 0 fully saturated rings. The molecule has 6 heteroatoms. The molecule has 1 N–H and O–H groups in total. The summed E-state index contributed by atoms with van der Waals surface area (Å²) in [6.07, 6.45) is -0.369. The second-order valence-corrected chi connectivity index (χ2v) is 4.21. The molecule has 0 heterocycles. The SMILES string of the molecule is CCOC(=O)N[C@@H](Cc1cccc(Cl)c1)C(=O)OC. The third kappa shape index (κ3) is 5.18. The molecule has 1 aromatic carbocycles. The predicted molar refractivity (Wildman–Crippen MR) is 71.1 cm³/mol. The second kappa shape index (κ2) is 7.63. The number of carbonyl (C=O) groups excluding carboxylic acids is 2. The molecule has 1 rings (SSSR count). The first-order valence-electron chi connectivity index (χ1n) is 5.82. The number of rotatable bonds is 5. The van der Waals surface area contributed by atoms with Gasteiger partial charge in [-0.1, -0.05) is 23.7 Å². The number of carbonyl (C=O) groups is 2. The van der Waals surface area contributed by atoms with Crippen molar-refractivity contribution in [2.75, 3.05) is 13.7 Å². The van der Waals surface area contributed by atoms with Crippen molar-refractivity contribution in [1.82, 2.24) is 5.32 Å². The Kier molecular flexibility index (Phi) is 6.15. The van der Waals surface area contributed by atoms with Crippen LogP contribution in [0.5, 0.6) is 0 Å². The number of hydrogen-bond donors (Lipinski definition) is 1. The number of nitrogens with one attached hydrogen (secondary N) is 1. The van der Waals surface area contributed by atoms with Gasteiger partial charge in [-0.2, -0.15) is 0 Å². The maximum atomic E-state index is 11.6. The van der Waals surface area contributed by atoms with E-state index in [1.807, 2.05) is 6.07 Å². The highest BCUT2D eigenvalue weighted by molar-refractivity contribution is 6.30. The van der Waals surface area contributed by atoms with Crippen LogP contribution in [-0.2, 0) is 20.7 Å². The van der Waals surface area contributed by atoms with E-state index in [-0.39, 0.29) is 13.0 Å². The van der Waals surface area contributed by atoms with Gasteiger partial charge in [-0.3, -0.25) is 0 Å². The van der Waals surface area contributed by atoms with E-state index in [2.05, 4.69) is 10.1 Å². The fraction of sp³-hybridized carbons (Fsp3) is 0.385. The molecule has 0 aliphatic rings. The molecule has 19 heavy (non-hydrogen) atoms. The molecule has 1 atom stereocenters. The minimum absolute atomic E-state index is 0.233. The van der Waals surface area contributed by atoms with Crippen LogP contribution >= 0.6 is 11.6 Å². The van der Waals surface area contributed by atoms with Crippen molar-refractivity contribution < 1.29 is 19.1 Å². The second-order valence-electron chi connectivity index (χ2n) is 3.77. The summed E-state index contributed by atoms with van der Waals surface area (Å²) >= 11 is 5.87. The van der Waals surface area contributed by atoms with Gasteiger partial charge in [-0.05, 0) is 24.6 Å². The van der Waals surface area contributed by atoms with Crippen molar-refractivity contribution in [1.29, 1.82) is 0 Å². The Morgan fingerprint density at radius 2 is 2.16 bits per heavy atom. The number of benzene rings is 1. The Balaban J connectivity index is 2.74. The van der Waals surface area contributed by atoms with Gasteiger partial charge in [0.05, 0.1) is 13.7 Å². The van der Waals surface area contributed by atoms with Gasteiger partial charge in [0.25, 0.3) is 0 Å². The summed E-state index contributed by atoms with van der Waals surface area (Å²) in [6.45, 7) is 1.92. The van der Waals surface area contributed by atoms with Gasteiger partial charge in [-0.15, -0.1) is 0 Å². The molecule has 0 aromatic heterocycles. The van der Waals surface area contributed by atoms with Crippen LogP contribution in [0.25, 0.3) is 0 Å². The standard InChI is InChI=1S/C13H16ClNO4/c1-3-19-13(17)15-11(12(16)18-2)8-9-5-4-6-10(14)7-9/h4-7,11H,3,8H2,1-2H3,(H,15,17)/t11-/m0/s1. The molecule has 1 aromatic rings. The van der Waals surface area contributed by atoms with Crippen molar-refractivity contribution >= 4 is 23.7 Å². The Morgan fingerprint density at radius 3 is 2.74 bits per heavy atom. The van der Waals surface area contributed by atoms with Gasteiger partial charge >= 0.3 is 12.1 Å². The van der Waals surface area contributed by atoms with Crippen molar-refractivity contribution in [3.8, 4) is 0 Å². The van der Waals surface area contributed by atoms with Gasteiger partial charge < -0.3 is 14.8 Å². The average Bonchev–Trinajstić information content (AvgIpc) is 2.37. The number of alkyl carbamates (subject to hydrolysis) is 1. The van der Waals surface area contributed by atoms with E-state index in [9.17, 15) is 9.59 Å². The molecule has 0 saturated carbocycles. The van der Waals surface area contributed by atoms with Crippen LogP contribution in [0.15, 0.2) is 24.3 Å². The maximum absolute atomic E-state index is 11.6. The minimum Gasteiger partial charge on any atom is -0.467 e. The van der Waals surface area contributed by atoms with Crippen LogP contribution < -0.4 is 5.32 Å². The third-order valence-electron chi connectivity index (χ3n) is 2.38. The lowest BCUT2D eigenvalue weighted by molar-refractivity contribution is -0.142. The lowest BCUT2D eigenvalue weighted by atomic mass is 10.1. The highest BCUT2D eigenvalue weighted by Crippen LogP contribution is 2.12. The molecule has 0 spiro atoms. The lowest BCUT2D eigenvalue weighted by Crippen LogP contribution is -2.43. The zero-order valence-corrected chi connectivity index (χ0v) is 11.6. The fourth-order valence-electron chi connectivity index (χ4n) is 1.55. The van der Waals surface area contributed by atoms with E-state index < -0.39 is 18.1 Å². The predicted octanol–water partition coefficient (Wildman–Crippen LogP) is 2.17. The fourth-order valence-corrected chi connectivity index (χ4v) is 1.76. The maximum Gasteiger partial charge on any atom is 0.407 e. The van der Waals surface area contributed by atoms with Gasteiger partial charge in [0.1, 0.15) is 6.04 Å². The van der Waals surface area contributed by atoms with E-state index >= 15 is 0 Å². The Hall–Kier alpha value is -1.75. The zero-order chi connectivity index (χ0) is 14.3. The summed E-state index contributed by atoms with van der Waals surface area (Å²) in [5.74, 6) is -0.534. The summed E-state index contributed by atoms with van der Waals surface area (Å²) in [6, 6.07) is 6.24. The monoisotopic (exact) mass is 285 g/mol. The summed E-state index contributed by atoms with van der Waals surface area (Å²) in [5.41, 5.74) is 0.819. The van der Waals surface area contributed by atoms with Crippen LogP contribution in [0, 0.1) is 0 Å². The molecule has 0 aliphatic carbocycles. The van der Waals surface area contributed by atoms with Crippen LogP contribution in [0.4, 0.5) is 4.79 Å². The lowest BCUT2D eigenvalue weighted by Gasteiger charge is -2.16. The van der Waals surface area contributed by atoms with E-state index in [1.165, 1.54) is 7.11 Å². The van der Waals surface area contributed by atoms with Crippen molar-refractivity contribution in [3.63, 3.8) is 0 Å². The van der Waals surface area contributed by atoms with Crippen molar-refractivity contribution in [2.24, 2.45) is 0 Å². The van der Waals surface area contributed by atoms with Gasteiger partial charge in [0, 0.05) is 11.4 Å². The van der Waals surface area contributed by atoms with E-state index in [4.69, 9.17) is 16.3 Å². The van der Waals surface area contributed by atoms with Gasteiger partial charge in [0.15, 0.2) is 0 Å². The zero-order valence-electron chi connectivity index (χ0n) is 10.8. The number of ether oxygens (including phenoxy) is 2. The average molecular weight is 286 g/mol. The smallest absolute Gasteiger partial charge is 0.407 e. The van der Waals surface area contributed by atoms with Crippen LogP contribution in [-0.4, -0.2) is 31.8 Å². The third-order valence-corrected chi connectivity index (χ3v) is 2.62. The van der Waals surface area contributed by atoms with E-state index in [0.717, 1.165) is 5.56 Å². The number of esters is 1. The normalized spacial score (nSPS) is 11.5. The van der Waals surface area contributed by atoms with Crippen LogP contribution in [0.1, 0.15) is 12.5 Å². The molecular weight excluding hydrogens is 270 g/mol. The Labute approximate surface area is 116 Å². The molecule has 0 radical (unpaired) electrons. The van der Waals surface area contributed by atoms with Crippen LogP contribution in [0.2, 0.25) is 5.02 Å². The highest BCUT2D eigenvalue weighted by atomic mass is 35.5. The first-order valence-corrected chi connectivity index (χ1v) is 6.20. The first kappa shape index (κ1) is 15.3. The molecule has 0 bridgehead atoms. The van der Waals surface area contributed by atoms with Gasteiger partial charge in [-0.25, -0.2) is 9.59 Å². The number of amides is 1. The first-order chi connectivity index (χ1) is 9.06. The summed E-state index contributed by atoms with van der Waals surface area (Å²) in [7, 11) is 1.26. The molecular formula is C13H16ClNO4. The number of hydrogen-bond acceptors (Lipinski definition) is 4. The van der Waals surface area contributed by atoms with Crippen LogP contribution in [0.3, 0.4) is 0 Å². The summed E-state index contributed by atoms with van der Waals surface area (Å²) in [4.78, 5) is 23.0. The largest absolute Gasteiger partial charge is 0.467 e. The number of methoxy groups -OCH3 is 1. The van der Waals surface area contributed by atoms with Crippen molar-refractivity contribution in [3.05, 3.63) is 34.9 Å². The molecule has 0 saturated heterocycles. The van der Waals surface area contributed by atoms with E-state index in [0.29, 0.717) is 5.02 Å². The quantitative estimate of drug-likeness (QED) is 0.842. The summed E-state index contributed by atoms with van der Waals surface area (Å²) in [5, 5.41) is 3.02. The topological polar surface area (TPSA) is 64.6 Å². The van der Waals surface area contributed by atoms with E-state index in [1.54, 1.807) is 25.1 Å².